The molecule has 0 aliphatic carbocycles. The van der Waals surface area contributed by atoms with Crippen molar-refractivity contribution >= 4 is 28.6 Å². The van der Waals surface area contributed by atoms with Gasteiger partial charge in [-0.05, 0) is 61.7 Å². The molecule has 224 valence electrons. The van der Waals surface area contributed by atoms with E-state index in [9.17, 15) is 18.0 Å². The number of aromatic nitrogens is 3. The molecule has 1 fully saturated rings. The molecule has 43 heavy (non-hydrogen) atoms. The van der Waals surface area contributed by atoms with E-state index in [2.05, 4.69) is 25.1 Å². The van der Waals surface area contributed by atoms with E-state index < -0.39 is 24.6 Å². The van der Waals surface area contributed by atoms with Crippen LogP contribution in [0.25, 0.3) is 17.1 Å². The number of hydrogen-bond acceptors (Lipinski definition) is 5. The van der Waals surface area contributed by atoms with E-state index >= 15 is 4.39 Å². The second kappa shape index (κ2) is 12.5. The summed E-state index contributed by atoms with van der Waals surface area (Å²) in [4.78, 5) is 23.3. The van der Waals surface area contributed by atoms with Gasteiger partial charge < -0.3 is 15.0 Å². The molecule has 1 N–H and O–H groups in total. The largest absolute Gasteiger partial charge is 0.573 e. The van der Waals surface area contributed by atoms with Crippen LogP contribution in [0.3, 0.4) is 0 Å². The molecular weight excluding hydrogens is 584 g/mol. The number of para-hydroxylation sites is 1. The summed E-state index contributed by atoms with van der Waals surface area (Å²) in [5, 5.41) is 7.60. The SMILES string of the molecule is Cc1cccc(C)c1N1CCS/C1=N\C(=O)NC(C)C(F)c1ccc(-c2ncn(-c3ccc(OC(F)(F)F)cc3)n2)cc1. The zero-order valence-electron chi connectivity index (χ0n) is 23.5. The first-order valence-corrected chi connectivity index (χ1v) is 14.3. The molecule has 0 radical (unpaired) electrons. The fraction of sp³-hybridized carbons (Fsp3) is 0.267. The van der Waals surface area contributed by atoms with Crippen LogP contribution < -0.4 is 15.0 Å². The first-order chi connectivity index (χ1) is 20.5. The summed E-state index contributed by atoms with van der Waals surface area (Å²) in [6.07, 6.45) is -4.85. The standard InChI is InChI=1S/C30H28F4N6O2S/c1-18-5-4-6-19(2)26(18)39-15-16-43-29(39)37-28(41)36-20(3)25(31)21-7-9-22(10-8-21)27-35-17-40(38-27)23-11-13-24(14-12-23)42-30(32,33)34/h4-14,17,20,25H,15-16H2,1-3H3,(H,36,41)/b37-29-. The normalized spacial score (nSPS) is 15.9. The lowest BCUT2D eigenvalue weighted by Crippen LogP contribution is -2.35. The van der Waals surface area contributed by atoms with Gasteiger partial charge in [0, 0.05) is 23.5 Å². The third-order valence-corrected chi connectivity index (χ3v) is 7.74. The van der Waals surface area contributed by atoms with Gasteiger partial charge in [-0.2, -0.15) is 4.99 Å². The number of benzene rings is 3. The van der Waals surface area contributed by atoms with Crippen molar-refractivity contribution < 1.29 is 27.1 Å². The average Bonchev–Trinajstić information content (AvgIpc) is 3.63. The number of urea groups is 1. The Bertz CT molecular complexity index is 1600. The fourth-order valence-electron chi connectivity index (χ4n) is 4.75. The maximum Gasteiger partial charge on any atom is 0.573 e. The third-order valence-electron chi connectivity index (χ3n) is 6.79. The van der Waals surface area contributed by atoms with E-state index in [0.717, 1.165) is 29.1 Å². The van der Waals surface area contributed by atoms with E-state index in [-0.39, 0.29) is 5.75 Å². The fourth-order valence-corrected chi connectivity index (χ4v) is 5.69. The Balaban J connectivity index is 1.21. The van der Waals surface area contributed by atoms with Crippen LogP contribution in [0.5, 0.6) is 5.75 Å². The van der Waals surface area contributed by atoms with Crippen molar-refractivity contribution in [3.63, 3.8) is 0 Å². The number of amidine groups is 1. The molecule has 1 saturated heterocycles. The van der Waals surface area contributed by atoms with Crippen LogP contribution in [0.15, 0.2) is 78.0 Å². The van der Waals surface area contributed by atoms with Crippen molar-refractivity contribution in [3.05, 3.63) is 89.7 Å². The van der Waals surface area contributed by atoms with Crippen LogP contribution in [0.1, 0.15) is 29.8 Å². The number of amides is 2. The second-order valence-electron chi connectivity index (χ2n) is 9.95. The number of rotatable bonds is 7. The number of halogens is 4. The van der Waals surface area contributed by atoms with Crippen molar-refractivity contribution in [2.24, 2.45) is 4.99 Å². The summed E-state index contributed by atoms with van der Waals surface area (Å²) in [5.41, 5.74) is 4.66. The molecule has 8 nitrogen and oxygen atoms in total. The van der Waals surface area contributed by atoms with Gasteiger partial charge in [-0.3, -0.25) is 0 Å². The lowest BCUT2D eigenvalue weighted by Gasteiger charge is -2.23. The highest BCUT2D eigenvalue weighted by Crippen LogP contribution is 2.32. The summed E-state index contributed by atoms with van der Waals surface area (Å²) in [5.74, 6) is 0.795. The number of nitrogens with zero attached hydrogens (tertiary/aromatic N) is 5. The molecule has 1 aliphatic rings. The number of hydrogen-bond donors (Lipinski definition) is 1. The number of nitrogens with one attached hydrogen (secondary N) is 1. The summed E-state index contributed by atoms with van der Waals surface area (Å²) >= 11 is 1.49. The number of aliphatic imine (C=N–C) groups is 1. The van der Waals surface area contributed by atoms with Gasteiger partial charge in [-0.25, -0.2) is 18.9 Å². The van der Waals surface area contributed by atoms with E-state index in [4.69, 9.17) is 0 Å². The summed E-state index contributed by atoms with van der Waals surface area (Å²) in [6.45, 7) is 6.34. The highest BCUT2D eigenvalue weighted by Gasteiger charge is 2.31. The summed E-state index contributed by atoms with van der Waals surface area (Å²) < 4.78 is 57.8. The molecule has 0 bridgehead atoms. The number of thioether (sulfide) groups is 1. The zero-order chi connectivity index (χ0) is 30.7. The van der Waals surface area contributed by atoms with Gasteiger partial charge in [-0.1, -0.05) is 54.2 Å². The molecule has 2 amide bonds. The molecule has 13 heteroatoms. The Hall–Kier alpha value is -4.39. The van der Waals surface area contributed by atoms with Gasteiger partial charge in [0.15, 0.2) is 11.0 Å². The van der Waals surface area contributed by atoms with E-state index in [1.807, 2.05) is 36.9 Å². The number of ether oxygens (including phenoxy) is 1. The van der Waals surface area contributed by atoms with Gasteiger partial charge >= 0.3 is 12.4 Å². The van der Waals surface area contributed by atoms with Crippen LogP contribution in [0, 0.1) is 13.8 Å². The minimum atomic E-state index is -4.78. The number of carbonyl (C=O) groups is 1. The van der Waals surface area contributed by atoms with Gasteiger partial charge in [0.2, 0.25) is 0 Å². The van der Waals surface area contributed by atoms with Crippen molar-refractivity contribution in [1.82, 2.24) is 20.1 Å². The molecular formula is C30H28F4N6O2S. The molecule has 1 aliphatic heterocycles. The minimum Gasteiger partial charge on any atom is -0.406 e. The zero-order valence-corrected chi connectivity index (χ0v) is 24.3. The molecule has 0 spiro atoms. The van der Waals surface area contributed by atoms with Crippen LogP contribution >= 0.6 is 11.8 Å². The molecule has 4 aromatic rings. The van der Waals surface area contributed by atoms with Crippen molar-refractivity contribution in [1.29, 1.82) is 0 Å². The summed E-state index contributed by atoms with van der Waals surface area (Å²) in [6, 6.07) is 16.3. The number of carbonyl (C=O) groups excluding carboxylic acids is 1. The Morgan fingerprint density at radius 1 is 1.05 bits per heavy atom. The third kappa shape index (κ3) is 7.16. The van der Waals surface area contributed by atoms with Crippen LogP contribution in [-0.4, -0.2) is 50.7 Å². The van der Waals surface area contributed by atoms with E-state index in [0.29, 0.717) is 27.8 Å². The number of anilines is 1. The predicted octanol–water partition coefficient (Wildman–Crippen LogP) is 7.17. The Labute approximate surface area is 249 Å². The lowest BCUT2D eigenvalue weighted by atomic mass is 10.0. The molecule has 0 saturated carbocycles. The van der Waals surface area contributed by atoms with Crippen LogP contribution in [0.2, 0.25) is 0 Å². The Morgan fingerprint density at radius 3 is 2.37 bits per heavy atom. The monoisotopic (exact) mass is 612 g/mol. The van der Waals surface area contributed by atoms with Crippen molar-refractivity contribution in [3.8, 4) is 22.8 Å². The minimum absolute atomic E-state index is 0.345. The molecule has 2 heterocycles. The second-order valence-corrected chi connectivity index (χ2v) is 11.0. The predicted molar refractivity (Wildman–Crippen MR) is 158 cm³/mol. The van der Waals surface area contributed by atoms with Gasteiger partial charge in [-0.15, -0.1) is 18.3 Å². The van der Waals surface area contributed by atoms with Crippen molar-refractivity contribution in [2.45, 2.75) is 39.3 Å². The molecule has 3 aromatic carbocycles. The topological polar surface area (TPSA) is 84.6 Å². The average molecular weight is 613 g/mol. The first-order valence-electron chi connectivity index (χ1n) is 13.4. The molecule has 1 aromatic heterocycles. The van der Waals surface area contributed by atoms with E-state index in [1.165, 1.54) is 47.0 Å². The first kappa shape index (κ1) is 30.1. The smallest absolute Gasteiger partial charge is 0.406 e. The molecule has 2 unspecified atom stereocenters. The molecule has 2 atom stereocenters. The quantitative estimate of drug-likeness (QED) is 0.223. The summed E-state index contributed by atoms with van der Waals surface area (Å²) in [7, 11) is 0. The number of aryl methyl sites for hydroxylation is 2. The number of alkyl halides is 4. The van der Waals surface area contributed by atoms with Gasteiger partial charge in [0.05, 0.1) is 11.7 Å². The Morgan fingerprint density at radius 2 is 1.72 bits per heavy atom. The Kier molecular flexibility index (Phi) is 8.71. The maximum absolute atomic E-state index is 15.4. The highest BCUT2D eigenvalue weighted by atomic mass is 32.2. The van der Waals surface area contributed by atoms with Gasteiger partial charge in [0.25, 0.3) is 0 Å². The maximum atomic E-state index is 15.4. The van der Waals surface area contributed by atoms with Crippen LogP contribution in [-0.2, 0) is 0 Å². The van der Waals surface area contributed by atoms with Gasteiger partial charge in [0.1, 0.15) is 18.2 Å². The van der Waals surface area contributed by atoms with Crippen LogP contribution in [0.4, 0.5) is 28.0 Å². The molecule has 5 rings (SSSR count). The van der Waals surface area contributed by atoms with Crippen molar-refractivity contribution in [2.75, 3.05) is 17.2 Å². The van der Waals surface area contributed by atoms with E-state index in [1.54, 1.807) is 31.2 Å². The highest BCUT2D eigenvalue weighted by molar-refractivity contribution is 8.14. The lowest BCUT2D eigenvalue weighted by molar-refractivity contribution is -0.274.